The van der Waals surface area contributed by atoms with Crippen molar-refractivity contribution in [2.45, 2.75) is 135 Å². The second-order valence-corrected chi connectivity index (χ2v) is 9.33. The Morgan fingerprint density at radius 3 is 1.58 bits per heavy atom. The molecule has 24 heavy (non-hydrogen) atoms. The summed E-state index contributed by atoms with van der Waals surface area (Å²) >= 11 is 0. The summed E-state index contributed by atoms with van der Waals surface area (Å²) in [7, 11) is 0. The SMILES string of the molecule is CCCCCCCCCCCCCOC1CC(C)(C)NC(C)(C)C1. The molecular formula is C22H45NO. The molecule has 1 fully saturated rings. The van der Waals surface area contributed by atoms with Crippen molar-refractivity contribution in [3.05, 3.63) is 0 Å². The summed E-state index contributed by atoms with van der Waals surface area (Å²) in [4.78, 5) is 0. The van der Waals surface area contributed by atoms with Crippen LogP contribution in [0.4, 0.5) is 0 Å². The van der Waals surface area contributed by atoms with Crippen LogP contribution in [-0.2, 0) is 4.74 Å². The van der Waals surface area contributed by atoms with Gasteiger partial charge >= 0.3 is 0 Å². The van der Waals surface area contributed by atoms with E-state index in [1.807, 2.05) is 0 Å². The maximum atomic E-state index is 6.20. The first-order valence-corrected chi connectivity index (χ1v) is 10.8. The first-order chi connectivity index (χ1) is 11.3. The zero-order valence-electron chi connectivity index (χ0n) is 17.4. The summed E-state index contributed by atoms with van der Waals surface area (Å²) in [5.74, 6) is 0. The van der Waals surface area contributed by atoms with Gasteiger partial charge in [0.25, 0.3) is 0 Å². The minimum atomic E-state index is 0.198. The Morgan fingerprint density at radius 1 is 0.708 bits per heavy atom. The van der Waals surface area contributed by atoms with Gasteiger partial charge in [0.2, 0.25) is 0 Å². The Hall–Kier alpha value is -0.0800. The van der Waals surface area contributed by atoms with Gasteiger partial charge in [0.05, 0.1) is 6.10 Å². The van der Waals surface area contributed by atoms with E-state index in [4.69, 9.17) is 4.74 Å². The summed E-state index contributed by atoms with van der Waals surface area (Å²) in [5, 5.41) is 3.73. The van der Waals surface area contributed by atoms with Crippen molar-refractivity contribution in [3.8, 4) is 0 Å². The van der Waals surface area contributed by atoms with Gasteiger partial charge in [0.1, 0.15) is 0 Å². The summed E-state index contributed by atoms with van der Waals surface area (Å²) in [6.07, 6.45) is 18.1. The lowest BCUT2D eigenvalue weighted by Gasteiger charge is -2.46. The fraction of sp³-hybridized carbons (Fsp3) is 1.00. The molecule has 0 unspecified atom stereocenters. The van der Waals surface area contributed by atoms with Crippen molar-refractivity contribution in [3.63, 3.8) is 0 Å². The van der Waals surface area contributed by atoms with Gasteiger partial charge in [-0.1, -0.05) is 71.1 Å². The molecule has 1 saturated heterocycles. The topological polar surface area (TPSA) is 21.3 Å². The van der Waals surface area contributed by atoms with Crippen molar-refractivity contribution in [1.29, 1.82) is 0 Å². The lowest BCUT2D eigenvalue weighted by molar-refractivity contribution is -0.0228. The fourth-order valence-electron chi connectivity index (χ4n) is 4.36. The Morgan fingerprint density at radius 2 is 1.12 bits per heavy atom. The van der Waals surface area contributed by atoms with Crippen LogP contribution in [-0.4, -0.2) is 23.8 Å². The molecule has 0 amide bonds. The Balaban J connectivity index is 1.93. The third-order valence-corrected chi connectivity index (χ3v) is 5.25. The lowest BCUT2D eigenvalue weighted by Crippen LogP contribution is -2.59. The molecule has 0 radical (unpaired) electrons. The summed E-state index contributed by atoms with van der Waals surface area (Å²) in [6, 6.07) is 0. The van der Waals surface area contributed by atoms with E-state index in [9.17, 15) is 0 Å². The molecule has 2 heteroatoms. The van der Waals surface area contributed by atoms with Crippen LogP contribution in [0.15, 0.2) is 0 Å². The first-order valence-electron chi connectivity index (χ1n) is 10.8. The third-order valence-electron chi connectivity index (χ3n) is 5.25. The summed E-state index contributed by atoms with van der Waals surface area (Å²) in [6.45, 7) is 12.4. The molecule has 2 nitrogen and oxygen atoms in total. The van der Waals surface area contributed by atoms with E-state index in [0.717, 1.165) is 19.4 Å². The van der Waals surface area contributed by atoms with Crippen molar-refractivity contribution in [2.75, 3.05) is 6.61 Å². The summed E-state index contributed by atoms with van der Waals surface area (Å²) in [5.41, 5.74) is 0.396. The van der Waals surface area contributed by atoms with Crippen LogP contribution in [0.1, 0.15) is 118 Å². The van der Waals surface area contributed by atoms with Crippen molar-refractivity contribution in [1.82, 2.24) is 5.32 Å². The molecule has 0 aromatic rings. The minimum absolute atomic E-state index is 0.198. The number of nitrogens with one attached hydrogen (secondary N) is 1. The third kappa shape index (κ3) is 10.7. The van der Waals surface area contributed by atoms with E-state index in [0.29, 0.717) is 6.10 Å². The number of piperidine rings is 1. The average Bonchev–Trinajstić information content (AvgIpc) is 2.45. The van der Waals surface area contributed by atoms with Gasteiger partial charge in [-0.05, 0) is 47.0 Å². The van der Waals surface area contributed by atoms with E-state index in [2.05, 4.69) is 39.9 Å². The largest absolute Gasteiger partial charge is 0.378 e. The number of hydrogen-bond donors (Lipinski definition) is 1. The van der Waals surface area contributed by atoms with E-state index < -0.39 is 0 Å². The van der Waals surface area contributed by atoms with Crippen LogP contribution in [0.25, 0.3) is 0 Å². The molecule has 1 aliphatic heterocycles. The van der Waals surface area contributed by atoms with Gasteiger partial charge in [-0.15, -0.1) is 0 Å². The highest BCUT2D eigenvalue weighted by Crippen LogP contribution is 2.30. The molecule has 0 aliphatic carbocycles. The molecule has 0 bridgehead atoms. The molecule has 1 aliphatic rings. The molecule has 0 saturated carbocycles. The second kappa shape index (κ2) is 11.5. The van der Waals surface area contributed by atoms with Gasteiger partial charge in [-0.2, -0.15) is 0 Å². The van der Waals surface area contributed by atoms with Gasteiger partial charge in [-0.3, -0.25) is 0 Å². The zero-order valence-corrected chi connectivity index (χ0v) is 17.4. The van der Waals surface area contributed by atoms with Crippen molar-refractivity contribution < 1.29 is 4.74 Å². The molecule has 0 spiro atoms. The standard InChI is InChI=1S/C22H45NO/c1-6-7-8-9-10-11-12-13-14-15-16-17-24-20-18-21(2,3)23-22(4,5)19-20/h20,23H,6-19H2,1-5H3. The Bertz CT molecular complexity index is 295. The summed E-state index contributed by atoms with van der Waals surface area (Å²) < 4.78 is 6.20. The minimum Gasteiger partial charge on any atom is -0.378 e. The predicted molar refractivity (Wildman–Crippen MR) is 107 cm³/mol. The number of unbranched alkanes of at least 4 members (excludes halogenated alkanes) is 10. The predicted octanol–water partition coefficient (Wildman–Crippen LogP) is 6.62. The monoisotopic (exact) mass is 339 g/mol. The van der Waals surface area contributed by atoms with E-state index >= 15 is 0 Å². The molecule has 1 N–H and O–H groups in total. The molecule has 1 rings (SSSR count). The van der Waals surface area contributed by atoms with Gasteiger partial charge in [-0.25, -0.2) is 0 Å². The highest BCUT2D eigenvalue weighted by atomic mass is 16.5. The molecule has 0 aromatic carbocycles. The highest BCUT2D eigenvalue weighted by Gasteiger charge is 2.37. The molecule has 144 valence electrons. The van der Waals surface area contributed by atoms with Crippen LogP contribution in [0.2, 0.25) is 0 Å². The van der Waals surface area contributed by atoms with Crippen LogP contribution in [0.5, 0.6) is 0 Å². The van der Waals surface area contributed by atoms with Crippen LogP contribution in [0, 0.1) is 0 Å². The average molecular weight is 340 g/mol. The maximum absolute atomic E-state index is 6.20. The van der Waals surface area contributed by atoms with Crippen molar-refractivity contribution in [2.24, 2.45) is 0 Å². The molecule has 1 heterocycles. The molecular weight excluding hydrogens is 294 g/mol. The van der Waals surface area contributed by atoms with Gasteiger partial charge in [0.15, 0.2) is 0 Å². The number of rotatable bonds is 13. The second-order valence-electron chi connectivity index (χ2n) is 9.33. The van der Waals surface area contributed by atoms with Crippen molar-refractivity contribution >= 4 is 0 Å². The Kier molecular flexibility index (Phi) is 10.5. The Labute approximate surface area is 152 Å². The highest BCUT2D eigenvalue weighted by molar-refractivity contribution is 4.97. The number of hydrogen-bond acceptors (Lipinski definition) is 2. The first kappa shape index (κ1) is 22.0. The lowest BCUT2D eigenvalue weighted by atomic mass is 9.81. The molecule has 0 aromatic heterocycles. The maximum Gasteiger partial charge on any atom is 0.0609 e. The van der Waals surface area contributed by atoms with E-state index in [1.54, 1.807) is 0 Å². The molecule has 0 atom stereocenters. The van der Waals surface area contributed by atoms with Gasteiger partial charge in [0, 0.05) is 17.7 Å². The van der Waals surface area contributed by atoms with Gasteiger partial charge < -0.3 is 10.1 Å². The van der Waals surface area contributed by atoms with Crippen LogP contribution < -0.4 is 5.32 Å². The van der Waals surface area contributed by atoms with Crippen LogP contribution >= 0.6 is 0 Å². The fourth-order valence-corrected chi connectivity index (χ4v) is 4.36. The van der Waals surface area contributed by atoms with Crippen LogP contribution in [0.3, 0.4) is 0 Å². The van der Waals surface area contributed by atoms with E-state index in [-0.39, 0.29) is 11.1 Å². The van der Waals surface area contributed by atoms with E-state index in [1.165, 1.54) is 70.6 Å². The number of ether oxygens (including phenoxy) is 1. The normalized spacial score (nSPS) is 20.4. The zero-order chi connectivity index (χ0) is 17.9. The quantitative estimate of drug-likeness (QED) is 0.380. The smallest absolute Gasteiger partial charge is 0.0609 e.